The second-order valence-electron chi connectivity index (χ2n) is 10.8. The van der Waals surface area contributed by atoms with Crippen LogP contribution < -0.4 is 10.1 Å². The van der Waals surface area contributed by atoms with Gasteiger partial charge in [0.1, 0.15) is 11.6 Å². The summed E-state index contributed by atoms with van der Waals surface area (Å²) in [4.78, 5) is 28.6. The Morgan fingerprint density at radius 3 is 2.64 bits per heavy atom. The molecular weight excluding hydrogens is 495 g/mol. The van der Waals surface area contributed by atoms with E-state index in [1.807, 2.05) is 41.1 Å². The van der Waals surface area contributed by atoms with E-state index in [0.29, 0.717) is 41.0 Å². The Bertz CT molecular complexity index is 1340. The zero-order valence-corrected chi connectivity index (χ0v) is 23.4. The van der Waals surface area contributed by atoms with Crippen LogP contribution in [0.3, 0.4) is 0 Å². The molecule has 0 spiro atoms. The number of hydrogen-bond donors (Lipinski definition) is 1. The topological polar surface area (TPSA) is 72.8 Å². The summed E-state index contributed by atoms with van der Waals surface area (Å²) in [6, 6.07) is 9.06. The minimum atomic E-state index is -0.279. The largest absolute Gasteiger partial charge is 0.496 e. The zero-order chi connectivity index (χ0) is 27.7. The van der Waals surface area contributed by atoms with Crippen LogP contribution in [-0.2, 0) is 0 Å². The molecule has 8 nitrogen and oxygen atoms in total. The fraction of sp³-hybridized carbons (Fsp3) is 0.433. The quantitative estimate of drug-likeness (QED) is 0.588. The van der Waals surface area contributed by atoms with Crippen LogP contribution in [0.2, 0.25) is 0 Å². The van der Waals surface area contributed by atoms with Gasteiger partial charge in [-0.2, -0.15) is 0 Å². The number of ether oxygens (including phenoxy) is 1. The highest BCUT2D eigenvalue weighted by Gasteiger charge is 2.34. The number of aryl methyl sites for hydroxylation is 1. The van der Waals surface area contributed by atoms with Gasteiger partial charge in [0.05, 0.1) is 19.7 Å². The van der Waals surface area contributed by atoms with E-state index in [1.165, 1.54) is 0 Å². The van der Waals surface area contributed by atoms with E-state index in [1.54, 1.807) is 32.4 Å². The summed E-state index contributed by atoms with van der Waals surface area (Å²) in [5.41, 5.74) is 3.51. The van der Waals surface area contributed by atoms with Gasteiger partial charge in [-0.3, -0.25) is 9.79 Å². The van der Waals surface area contributed by atoms with E-state index in [0.717, 1.165) is 49.3 Å². The van der Waals surface area contributed by atoms with Gasteiger partial charge in [-0.15, -0.1) is 0 Å². The number of fused-ring (bicyclic) bond motifs is 1. The first kappa shape index (κ1) is 26.9. The van der Waals surface area contributed by atoms with Crippen molar-refractivity contribution in [1.29, 1.82) is 0 Å². The van der Waals surface area contributed by atoms with Gasteiger partial charge in [0.2, 0.25) is 0 Å². The average molecular weight is 533 g/mol. The molecule has 0 radical (unpaired) electrons. The first-order valence-electron chi connectivity index (χ1n) is 13.5. The van der Waals surface area contributed by atoms with Crippen molar-refractivity contribution in [2.24, 2.45) is 15.9 Å². The lowest BCUT2D eigenvalue weighted by Gasteiger charge is -2.33. The third-order valence-corrected chi connectivity index (χ3v) is 7.83. The number of methoxy groups -OCH3 is 1. The van der Waals surface area contributed by atoms with Crippen molar-refractivity contribution in [2.45, 2.75) is 32.7 Å². The van der Waals surface area contributed by atoms with E-state index in [9.17, 15) is 4.79 Å². The van der Waals surface area contributed by atoms with Gasteiger partial charge in [0, 0.05) is 54.4 Å². The molecule has 2 aromatic carbocycles. The molecule has 1 amide bonds. The van der Waals surface area contributed by atoms with Crippen LogP contribution in [0.25, 0.3) is 0 Å². The van der Waals surface area contributed by atoms with Crippen LogP contribution in [0.1, 0.15) is 45.9 Å². The molecule has 1 atom stereocenters. The van der Waals surface area contributed by atoms with Crippen molar-refractivity contribution in [3.63, 3.8) is 0 Å². The Kier molecular flexibility index (Phi) is 7.70. The number of halogens is 1. The monoisotopic (exact) mass is 532 g/mol. The number of aliphatic imine (C=N–C) groups is 2. The highest BCUT2D eigenvalue weighted by molar-refractivity contribution is 6.45. The van der Waals surface area contributed by atoms with Gasteiger partial charge in [0.15, 0.2) is 11.7 Å². The molecule has 1 saturated heterocycles. The molecule has 5 rings (SSSR count). The smallest absolute Gasteiger partial charge is 0.254 e. The molecule has 2 aromatic rings. The Morgan fingerprint density at radius 1 is 1.18 bits per heavy atom. The third kappa shape index (κ3) is 5.41. The number of carbonyl (C=O) groups is 1. The number of nitrogens with zero attached hydrogens (tertiary/aromatic N) is 5. The number of rotatable bonds is 6. The summed E-state index contributed by atoms with van der Waals surface area (Å²) in [6.07, 6.45) is 5.60. The SMILES string of the molecule is COc1ccc(C2CN=C3C(Nc4ccc(C(=O)N5CCC(CN(C)C)CC5)c(C)c4)=NC=CN32)c(F)c1C. The second kappa shape index (κ2) is 11.2. The first-order valence-corrected chi connectivity index (χ1v) is 13.5. The van der Waals surface area contributed by atoms with E-state index >= 15 is 4.39 Å². The van der Waals surface area contributed by atoms with Gasteiger partial charge in [-0.05, 0) is 76.5 Å². The molecule has 0 saturated carbocycles. The molecule has 9 heteroatoms. The Balaban J connectivity index is 1.26. The highest BCUT2D eigenvalue weighted by atomic mass is 19.1. The lowest BCUT2D eigenvalue weighted by Crippen LogP contribution is -2.40. The van der Waals surface area contributed by atoms with Crippen molar-refractivity contribution in [3.8, 4) is 5.75 Å². The van der Waals surface area contributed by atoms with Crippen LogP contribution in [0.4, 0.5) is 10.1 Å². The maximum atomic E-state index is 15.2. The number of nitrogens with one attached hydrogen (secondary N) is 1. The van der Waals surface area contributed by atoms with E-state index < -0.39 is 0 Å². The molecule has 3 aliphatic rings. The fourth-order valence-electron chi connectivity index (χ4n) is 5.73. The predicted molar refractivity (Wildman–Crippen MR) is 153 cm³/mol. The fourth-order valence-corrected chi connectivity index (χ4v) is 5.73. The number of hydrogen-bond acceptors (Lipinski definition) is 7. The highest BCUT2D eigenvalue weighted by Crippen LogP contribution is 2.34. The van der Waals surface area contributed by atoms with Crippen LogP contribution in [0.15, 0.2) is 52.7 Å². The first-order chi connectivity index (χ1) is 18.8. The number of anilines is 1. The number of piperidine rings is 1. The van der Waals surface area contributed by atoms with Gasteiger partial charge < -0.3 is 24.8 Å². The minimum Gasteiger partial charge on any atom is -0.496 e. The number of amides is 1. The molecular formula is C30H37FN6O2. The second-order valence-corrected chi connectivity index (χ2v) is 10.8. The summed E-state index contributed by atoms with van der Waals surface area (Å²) < 4.78 is 20.5. The zero-order valence-electron chi connectivity index (χ0n) is 23.4. The molecule has 3 heterocycles. The van der Waals surface area contributed by atoms with Gasteiger partial charge in [0.25, 0.3) is 5.91 Å². The van der Waals surface area contributed by atoms with E-state index in [-0.39, 0.29) is 17.8 Å². The van der Waals surface area contributed by atoms with Crippen LogP contribution in [0, 0.1) is 25.6 Å². The number of likely N-dealkylation sites (tertiary alicyclic amines) is 1. The molecule has 206 valence electrons. The van der Waals surface area contributed by atoms with Gasteiger partial charge in [-0.25, -0.2) is 9.38 Å². The summed E-state index contributed by atoms with van der Waals surface area (Å²) in [7, 11) is 5.74. The van der Waals surface area contributed by atoms with Gasteiger partial charge >= 0.3 is 0 Å². The molecule has 3 aliphatic heterocycles. The molecule has 1 unspecified atom stereocenters. The normalized spacial score (nSPS) is 19.2. The Morgan fingerprint density at radius 2 is 1.95 bits per heavy atom. The van der Waals surface area contributed by atoms with Crippen LogP contribution >= 0.6 is 0 Å². The molecule has 0 aliphatic carbocycles. The lowest BCUT2D eigenvalue weighted by atomic mass is 9.95. The van der Waals surface area contributed by atoms with E-state index in [4.69, 9.17) is 9.73 Å². The number of amidine groups is 2. The molecule has 0 aromatic heterocycles. The van der Waals surface area contributed by atoms with Crippen molar-refractivity contribution in [1.82, 2.24) is 14.7 Å². The van der Waals surface area contributed by atoms with Crippen molar-refractivity contribution in [2.75, 3.05) is 52.7 Å². The average Bonchev–Trinajstić information content (AvgIpc) is 3.35. The molecule has 1 fully saturated rings. The number of benzene rings is 2. The summed E-state index contributed by atoms with van der Waals surface area (Å²) in [5.74, 6) is 2.23. The molecule has 1 N–H and O–H groups in total. The maximum absolute atomic E-state index is 15.2. The Hall–Kier alpha value is -3.72. The number of carbonyl (C=O) groups excluding carboxylic acids is 1. The summed E-state index contributed by atoms with van der Waals surface area (Å²) in [6.45, 7) is 6.76. The predicted octanol–water partition coefficient (Wildman–Crippen LogP) is 4.62. The van der Waals surface area contributed by atoms with E-state index in [2.05, 4.69) is 29.3 Å². The van der Waals surface area contributed by atoms with Gasteiger partial charge in [-0.1, -0.05) is 6.07 Å². The Labute approximate surface area is 229 Å². The van der Waals surface area contributed by atoms with Crippen LogP contribution in [-0.4, -0.2) is 79.7 Å². The van der Waals surface area contributed by atoms with Crippen molar-refractivity contribution in [3.05, 3.63) is 70.8 Å². The molecule has 0 bridgehead atoms. The summed E-state index contributed by atoms with van der Waals surface area (Å²) >= 11 is 0. The standard InChI is InChI=1S/C30H37FN6O2/c1-19-16-22(6-7-23(19)30(38)36-13-10-21(11-14-36)18-35(3)4)34-28-29-33-17-25(37(29)15-12-32-28)24-8-9-26(39-5)20(2)27(24)31/h6-9,12,15-16,21,25H,10-11,13-14,17-18H2,1-5H3,(H,32,34). The maximum Gasteiger partial charge on any atom is 0.254 e. The minimum absolute atomic E-state index is 0.0892. The summed E-state index contributed by atoms with van der Waals surface area (Å²) in [5, 5.41) is 3.36. The third-order valence-electron chi connectivity index (χ3n) is 7.83. The molecule has 39 heavy (non-hydrogen) atoms. The van der Waals surface area contributed by atoms with Crippen molar-refractivity contribution < 1.29 is 13.9 Å². The van der Waals surface area contributed by atoms with Crippen LogP contribution in [0.5, 0.6) is 5.75 Å². The van der Waals surface area contributed by atoms with Crippen molar-refractivity contribution >= 4 is 23.3 Å². The lowest BCUT2D eigenvalue weighted by molar-refractivity contribution is 0.0677.